The number of hydrogen-bond acceptors (Lipinski definition) is 6. The molecule has 0 atom stereocenters. The van der Waals surface area contributed by atoms with Gasteiger partial charge in [0.15, 0.2) is 5.82 Å². The summed E-state index contributed by atoms with van der Waals surface area (Å²) in [6, 6.07) is 2.74. The van der Waals surface area contributed by atoms with Crippen LogP contribution in [0.3, 0.4) is 0 Å². The van der Waals surface area contributed by atoms with Crippen LogP contribution in [0.4, 0.5) is 8.78 Å². The molecule has 1 fully saturated rings. The van der Waals surface area contributed by atoms with Gasteiger partial charge in [-0.25, -0.2) is 21.5 Å². The van der Waals surface area contributed by atoms with E-state index in [-0.39, 0.29) is 23.9 Å². The molecule has 3 rings (SSSR count). The highest BCUT2D eigenvalue weighted by molar-refractivity contribution is 7.88. The molecule has 2 heterocycles. The molecule has 1 saturated heterocycles. The third-order valence-corrected chi connectivity index (χ3v) is 5.96. The van der Waals surface area contributed by atoms with Crippen molar-refractivity contribution in [1.82, 2.24) is 19.3 Å². The largest absolute Gasteiger partial charge is 0.337 e. The van der Waals surface area contributed by atoms with Gasteiger partial charge in [-0.05, 0) is 25.0 Å². The maximum absolute atomic E-state index is 13.8. The number of halogens is 2. The Balaban J connectivity index is 1.62. The predicted molar refractivity (Wildman–Crippen MR) is 94.8 cm³/mol. The summed E-state index contributed by atoms with van der Waals surface area (Å²) in [4.78, 5) is 17.8. The van der Waals surface area contributed by atoms with Gasteiger partial charge in [-0.1, -0.05) is 5.16 Å². The minimum atomic E-state index is -3.21. The molecule has 0 bridgehead atoms. The van der Waals surface area contributed by atoms with Crippen molar-refractivity contribution in [3.8, 4) is 0 Å². The molecule has 28 heavy (non-hydrogen) atoms. The van der Waals surface area contributed by atoms with Crippen LogP contribution in [0.25, 0.3) is 0 Å². The number of piperidine rings is 1. The number of aromatic nitrogens is 2. The lowest BCUT2D eigenvalue weighted by Gasteiger charge is -2.28. The standard InChI is InChI=1S/C17H20F2N4O4S/c1-22(17(24)13-4-3-12(18)9-14(13)19)10-15-20-16(21-27-15)11-5-7-23(8-6-11)28(2,25)26/h3-4,9,11H,5-8,10H2,1-2H3. The number of rotatable bonds is 5. The van der Waals surface area contributed by atoms with Crippen LogP contribution >= 0.6 is 0 Å². The Morgan fingerprint density at radius 2 is 2.00 bits per heavy atom. The number of amides is 1. The summed E-state index contributed by atoms with van der Waals surface area (Å²) < 4.78 is 56.5. The highest BCUT2D eigenvalue weighted by Crippen LogP contribution is 2.27. The first-order chi connectivity index (χ1) is 13.1. The smallest absolute Gasteiger partial charge is 0.257 e. The zero-order valence-corrected chi connectivity index (χ0v) is 16.2. The lowest BCUT2D eigenvalue weighted by molar-refractivity contribution is 0.0764. The molecule has 0 saturated carbocycles. The third kappa shape index (κ3) is 4.53. The monoisotopic (exact) mass is 414 g/mol. The minimum Gasteiger partial charge on any atom is -0.337 e. The van der Waals surface area contributed by atoms with Crippen LogP contribution in [0.2, 0.25) is 0 Å². The molecular weight excluding hydrogens is 394 g/mol. The fourth-order valence-corrected chi connectivity index (χ4v) is 3.96. The fraction of sp³-hybridized carbons (Fsp3) is 0.471. The molecule has 1 aliphatic heterocycles. The van der Waals surface area contributed by atoms with Crippen molar-refractivity contribution >= 4 is 15.9 Å². The third-order valence-electron chi connectivity index (χ3n) is 4.65. The number of carbonyl (C=O) groups excluding carboxylic acids is 1. The molecule has 1 aliphatic rings. The Labute approximate surface area is 161 Å². The van der Waals surface area contributed by atoms with Gasteiger partial charge in [0.1, 0.15) is 11.6 Å². The molecule has 0 N–H and O–H groups in total. The number of hydrogen-bond donors (Lipinski definition) is 0. The lowest BCUT2D eigenvalue weighted by atomic mass is 9.98. The summed E-state index contributed by atoms with van der Waals surface area (Å²) in [6.07, 6.45) is 2.32. The second kappa shape index (κ2) is 7.92. The molecule has 0 spiro atoms. The molecule has 8 nitrogen and oxygen atoms in total. The summed E-state index contributed by atoms with van der Waals surface area (Å²) in [5, 5.41) is 3.93. The van der Waals surface area contributed by atoms with Gasteiger partial charge >= 0.3 is 0 Å². The first-order valence-corrected chi connectivity index (χ1v) is 10.5. The summed E-state index contributed by atoms with van der Waals surface area (Å²) in [7, 11) is -1.77. The molecule has 0 radical (unpaired) electrons. The minimum absolute atomic E-state index is 0.0361. The summed E-state index contributed by atoms with van der Waals surface area (Å²) >= 11 is 0. The zero-order chi connectivity index (χ0) is 20.5. The average Bonchev–Trinajstić information content (AvgIpc) is 3.09. The number of nitrogens with zero attached hydrogens (tertiary/aromatic N) is 4. The van der Waals surface area contributed by atoms with E-state index in [1.54, 1.807) is 0 Å². The topological polar surface area (TPSA) is 96.6 Å². The number of benzene rings is 1. The first kappa shape index (κ1) is 20.3. The van der Waals surface area contributed by atoms with Crippen molar-refractivity contribution in [3.05, 3.63) is 47.1 Å². The Hall–Kier alpha value is -2.40. The summed E-state index contributed by atoms with van der Waals surface area (Å²) in [5.74, 6) is -1.75. The van der Waals surface area contributed by atoms with Crippen molar-refractivity contribution in [2.45, 2.75) is 25.3 Å². The van der Waals surface area contributed by atoms with E-state index in [1.807, 2.05) is 0 Å². The molecule has 152 valence electrons. The van der Waals surface area contributed by atoms with Crippen molar-refractivity contribution < 1.29 is 26.5 Å². The van der Waals surface area contributed by atoms with Crippen LogP contribution in [-0.4, -0.2) is 60.1 Å². The van der Waals surface area contributed by atoms with Crippen molar-refractivity contribution in [3.63, 3.8) is 0 Å². The first-order valence-electron chi connectivity index (χ1n) is 8.63. The molecule has 1 amide bonds. The van der Waals surface area contributed by atoms with Gasteiger partial charge in [-0.2, -0.15) is 4.98 Å². The van der Waals surface area contributed by atoms with Crippen molar-refractivity contribution in [2.24, 2.45) is 0 Å². The Morgan fingerprint density at radius 1 is 1.32 bits per heavy atom. The lowest BCUT2D eigenvalue weighted by Crippen LogP contribution is -2.37. The SMILES string of the molecule is CN(Cc1nc(C2CCN(S(C)(=O)=O)CC2)no1)C(=O)c1ccc(F)cc1F. The van der Waals surface area contributed by atoms with Crippen LogP contribution < -0.4 is 0 Å². The second-order valence-electron chi connectivity index (χ2n) is 6.77. The van der Waals surface area contributed by atoms with Gasteiger partial charge in [-0.3, -0.25) is 4.79 Å². The van der Waals surface area contributed by atoms with Crippen LogP contribution in [0.5, 0.6) is 0 Å². The number of carbonyl (C=O) groups is 1. The van der Waals surface area contributed by atoms with Gasteiger partial charge in [0, 0.05) is 32.1 Å². The quantitative estimate of drug-likeness (QED) is 0.740. The van der Waals surface area contributed by atoms with E-state index in [0.717, 1.165) is 12.1 Å². The van der Waals surface area contributed by atoms with E-state index in [1.165, 1.54) is 22.5 Å². The molecule has 1 aromatic heterocycles. The van der Waals surface area contributed by atoms with E-state index in [2.05, 4.69) is 10.1 Å². The molecule has 0 aliphatic carbocycles. The van der Waals surface area contributed by atoms with Crippen LogP contribution in [0.15, 0.2) is 22.7 Å². The average molecular weight is 414 g/mol. The number of sulfonamides is 1. The van der Waals surface area contributed by atoms with E-state index in [4.69, 9.17) is 4.52 Å². The molecule has 11 heteroatoms. The molecule has 0 unspecified atom stereocenters. The normalized spacial score (nSPS) is 16.3. The van der Waals surface area contributed by atoms with Gasteiger partial charge in [0.25, 0.3) is 5.91 Å². The highest BCUT2D eigenvalue weighted by Gasteiger charge is 2.29. The zero-order valence-electron chi connectivity index (χ0n) is 15.4. The van der Waals surface area contributed by atoms with Crippen LogP contribution in [0.1, 0.15) is 40.8 Å². The van der Waals surface area contributed by atoms with E-state index >= 15 is 0 Å². The maximum atomic E-state index is 13.8. The van der Waals surface area contributed by atoms with Gasteiger partial charge in [-0.15, -0.1) is 0 Å². The van der Waals surface area contributed by atoms with Gasteiger partial charge in [0.05, 0.1) is 18.4 Å². The van der Waals surface area contributed by atoms with E-state index in [9.17, 15) is 22.0 Å². The van der Waals surface area contributed by atoms with Crippen LogP contribution in [0, 0.1) is 11.6 Å². The maximum Gasteiger partial charge on any atom is 0.257 e. The predicted octanol–water partition coefficient (Wildman–Crippen LogP) is 1.76. The second-order valence-corrected chi connectivity index (χ2v) is 8.75. The summed E-state index contributed by atoms with van der Waals surface area (Å²) in [6.45, 7) is 0.732. The van der Waals surface area contributed by atoms with Gasteiger partial charge < -0.3 is 9.42 Å². The van der Waals surface area contributed by atoms with E-state index < -0.39 is 27.6 Å². The van der Waals surface area contributed by atoms with Crippen LogP contribution in [-0.2, 0) is 16.6 Å². The van der Waals surface area contributed by atoms with Crippen molar-refractivity contribution in [2.75, 3.05) is 26.4 Å². The molecular formula is C17H20F2N4O4S. The van der Waals surface area contributed by atoms with Gasteiger partial charge in [0.2, 0.25) is 15.9 Å². The Kier molecular flexibility index (Phi) is 5.75. The molecule has 1 aromatic carbocycles. The highest BCUT2D eigenvalue weighted by atomic mass is 32.2. The summed E-state index contributed by atoms with van der Waals surface area (Å²) in [5.41, 5.74) is -0.253. The fourth-order valence-electron chi connectivity index (χ4n) is 3.09. The van der Waals surface area contributed by atoms with E-state index in [0.29, 0.717) is 37.8 Å². The Bertz CT molecular complexity index is 971. The Morgan fingerprint density at radius 3 is 2.61 bits per heavy atom. The van der Waals surface area contributed by atoms with Crippen molar-refractivity contribution in [1.29, 1.82) is 0 Å². The molecule has 2 aromatic rings.